The maximum absolute atomic E-state index is 12.8. The van der Waals surface area contributed by atoms with Gasteiger partial charge in [0.1, 0.15) is 0 Å². The molecule has 1 aromatic carbocycles. The standard InChI is InChI=1S/C21H26F6N4/c1-3-30(15-20(22,23)24)13-17-9-11-31(14-17)19(28-2)29-10-5-7-16-6-4-8-18(12-16)21(25,26)27/h4,6,8,12,17H,3,9-11,13-15H2,1-2H3,(H,28,29). The lowest BCUT2D eigenvalue weighted by Gasteiger charge is -2.26. The van der Waals surface area contributed by atoms with Crippen LogP contribution in [0.1, 0.15) is 24.5 Å². The van der Waals surface area contributed by atoms with Crippen molar-refractivity contribution in [2.24, 2.45) is 10.9 Å². The first-order chi connectivity index (χ1) is 14.5. The van der Waals surface area contributed by atoms with Crippen molar-refractivity contribution < 1.29 is 26.3 Å². The van der Waals surface area contributed by atoms with Crippen molar-refractivity contribution in [2.45, 2.75) is 25.7 Å². The van der Waals surface area contributed by atoms with Crippen LogP contribution in [0.4, 0.5) is 26.3 Å². The van der Waals surface area contributed by atoms with Crippen LogP contribution in [-0.2, 0) is 6.18 Å². The van der Waals surface area contributed by atoms with Crippen molar-refractivity contribution in [3.05, 3.63) is 35.4 Å². The molecule has 172 valence electrons. The number of nitrogens with one attached hydrogen (secondary N) is 1. The van der Waals surface area contributed by atoms with Gasteiger partial charge in [0, 0.05) is 32.2 Å². The number of likely N-dealkylation sites (tertiary alicyclic amines) is 1. The summed E-state index contributed by atoms with van der Waals surface area (Å²) in [6.07, 6.45) is -7.88. The number of guanidine groups is 1. The van der Waals surface area contributed by atoms with Crippen LogP contribution in [0.3, 0.4) is 0 Å². The molecule has 2 rings (SSSR count). The fourth-order valence-electron chi connectivity index (χ4n) is 3.47. The molecule has 1 saturated heterocycles. The first-order valence-corrected chi connectivity index (χ1v) is 9.92. The van der Waals surface area contributed by atoms with Crippen LogP contribution in [0.25, 0.3) is 0 Å². The first-order valence-electron chi connectivity index (χ1n) is 9.92. The van der Waals surface area contributed by atoms with E-state index in [1.807, 2.05) is 4.90 Å². The third kappa shape index (κ3) is 8.32. The third-order valence-electron chi connectivity index (χ3n) is 4.92. The van der Waals surface area contributed by atoms with Crippen LogP contribution >= 0.6 is 0 Å². The van der Waals surface area contributed by atoms with Crippen LogP contribution < -0.4 is 5.32 Å². The molecule has 0 aliphatic carbocycles. The maximum atomic E-state index is 12.8. The molecule has 0 saturated carbocycles. The van der Waals surface area contributed by atoms with Crippen molar-refractivity contribution in [1.82, 2.24) is 15.1 Å². The molecule has 1 N–H and O–H groups in total. The number of aliphatic imine (C=N–C) groups is 1. The molecule has 0 amide bonds. The molecule has 4 nitrogen and oxygen atoms in total. The summed E-state index contributed by atoms with van der Waals surface area (Å²) >= 11 is 0. The molecule has 1 atom stereocenters. The summed E-state index contributed by atoms with van der Waals surface area (Å²) in [5.41, 5.74) is -0.491. The predicted octanol–water partition coefficient (Wildman–Crippen LogP) is 3.84. The van der Waals surface area contributed by atoms with Gasteiger partial charge < -0.3 is 10.2 Å². The Balaban J connectivity index is 1.87. The topological polar surface area (TPSA) is 30.9 Å². The van der Waals surface area contributed by atoms with Crippen molar-refractivity contribution in [3.8, 4) is 11.8 Å². The third-order valence-corrected chi connectivity index (χ3v) is 4.92. The normalized spacial score (nSPS) is 17.6. The van der Waals surface area contributed by atoms with Crippen LogP contribution in [0.5, 0.6) is 0 Å². The van der Waals surface area contributed by atoms with Crippen molar-refractivity contribution in [3.63, 3.8) is 0 Å². The summed E-state index contributed by atoms with van der Waals surface area (Å²) < 4.78 is 76.2. The molecule has 1 aromatic rings. The number of hydrogen-bond donors (Lipinski definition) is 1. The highest BCUT2D eigenvalue weighted by Gasteiger charge is 2.33. The van der Waals surface area contributed by atoms with E-state index in [1.165, 1.54) is 17.0 Å². The summed E-state index contributed by atoms with van der Waals surface area (Å²) in [6, 6.07) is 4.79. The minimum atomic E-state index is -4.42. The van der Waals surface area contributed by atoms with E-state index in [0.29, 0.717) is 32.1 Å². The Kier molecular flexibility index (Phi) is 8.62. The van der Waals surface area contributed by atoms with Crippen LogP contribution in [0.2, 0.25) is 0 Å². The van der Waals surface area contributed by atoms with Gasteiger partial charge in [-0.3, -0.25) is 9.89 Å². The second kappa shape index (κ2) is 10.8. The van der Waals surface area contributed by atoms with Crippen molar-refractivity contribution >= 4 is 5.96 Å². The van der Waals surface area contributed by atoms with Gasteiger partial charge in [-0.2, -0.15) is 26.3 Å². The predicted molar refractivity (Wildman–Crippen MR) is 108 cm³/mol. The molecule has 1 aliphatic heterocycles. The van der Waals surface area contributed by atoms with Gasteiger partial charge in [0.25, 0.3) is 0 Å². The molecule has 1 fully saturated rings. The Bertz CT molecular complexity index is 807. The molecule has 31 heavy (non-hydrogen) atoms. The average molecular weight is 448 g/mol. The number of benzene rings is 1. The first kappa shape index (κ1) is 24.9. The van der Waals surface area contributed by atoms with Gasteiger partial charge in [0.15, 0.2) is 5.96 Å². The molecular weight excluding hydrogens is 422 g/mol. The lowest BCUT2D eigenvalue weighted by Crippen LogP contribution is -2.41. The average Bonchev–Trinajstić information content (AvgIpc) is 3.14. The van der Waals surface area contributed by atoms with E-state index in [2.05, 4.69) is 22.2 Å². The van der Waals surface area contributed by atoms with E-state index in [1.54, 1.807) is 14.0 Å². The summed E-state index contributed by atoms with van der Waals surface area (Å²) in [7, 11) is 1.60. The van der Waals surface area contributed by atoms with E-state index in [-0.39, 0.29) is 18.0 Å². The number of hydrogen-bond acceptors (Lipinski definition) is 2. The number of halogens is 6. The lowest BCUT2D eigenvalue weighted by molar-refractivity contribution is -0.146. The van der Waals surface area contributed by atoms with E-state index in [4.69, 9.17) is 0 Å². The molecule has 10 heteroatoms. The second-order valence-electron chi connectivity index (χ2n) is 7.32. The fraction of sp³-hybridized carbons (Fsp3) is 0.571. The minimum Gasteiger partial charge on any atom is -0.345 e. The van der Waals surface area contributed by atoms with Gasteiger partial charge in [-0.25, -0.2) is 0 Å². The zero-order valence-electron chi connectivity index (χ0n) is 17.4. The monoisotopic (exact) mass is 448 g/mol. The molecule has 1 aliphatic rings. The molecule has 0 spiro atoms. The quantitative estimate of drug-likeness (QED) is 0.322. The van der Waals surface area contributed by atoms with E-state index in [0.717, 1.165) is 18.6 Å². The molecule has 0 bridgehead atoms. The number of nitrogens with zero attached hydrogens (tertiary/aromatic N) is 3. The number of alkyl halides is 6. The Morgan fingerprint density at radius 1 is 1.26 bits per heavy atom. The van der Waals surface area contributed by atoms with Gasteiger partial charge in [0.2, 0.25) is 0 Å². The smallest absolute Gasteiger partial charge is 0.345 e. The Morgan fingerprint density at radius 2 is 2.00 bits per heavy atom. The van der Waals surface area contributed by atoms with E-state index < -0.39 is 24.5 Å². The van der Waals surface area contributed by atoms with Gasteiger partial charge in [0.05, 0.1) is 18.7 Å². The molecule has 1 heterocycles. The second-order valence-corrected chi connectivity index (χ2v) is 7.32. The van der Waals surface area contributed by atoms with E-state index in [9.17, 15) is 26.3 Å². The highest BCUT2D eigenvalue weighted by Crippen LogP contribution is 2.29. The molecule has 0 radical (unpaired) electrons. The molecule has 0 aromatic heterocycles. The Morgan fingerprint density at radius 3 is 2.61 bits per heavy atom. The highest BCUT2D eigenvalue weighted by atomic mass is 19.4. The van der Waals surface area contributed by atoms with Crippen molar-refractivity contribution in [1.29, 1.82) is 0 Å². The van der Waals surface area contributed by atoms with Crippen LogP contribution in [-0.4, -0.2) is 68.3 Å². The minimum absolute atomic E-state index is 0.0945. The summed E-state index contributed by atoms with van der Waals surface area (Å²) in [5, 5.41) is 3.04. The van der Waals surface area contributed by atoms with Gasteiger partial charge in [-0.1, -0.05) is 24.8 Å². The van der Waals surface area contributed by atoms with Gasteiger partial charge in [-0.05, 0) is 37.1 Å². The zero-order chi connectivity index (χ0) is 23.1. The Hall–Kier alpha value is -2.41. The van der Waals surface area contributed by atoms with Crippen LogP contribution in [0.15, 0.2) is 29.3 Å². The Labute approximate surface area is 178 Å². The highest BCUT2D eigenvalue weighted by molar-refractivity contribution is 5.80. The molecular formula is C21H26F6N4. The SMILES string of the molecule is CCN(CC1CCN(C(=NC)NCC#Cc2cccc(C(F)(F)F)c2)C1)CC(F)(F)F. The van der Waals surface area contributed by atoms with E-state index >= 15 is 0 Å². The number of rotatable bonds is 5. The molecule has 1 unspecified atom stereocenters. The summed E-state index contributed by atoms with van der Waals surface area (Å²) in [6.45, 7) is 2.90. The summed E-state index contributed by atoms with van der Waals surface area (Å²) in [4.78, 5) is 7.53. The summed E-state index contributed by atoms with van der Waals surface area (Å²) in [5.74, 6) is 6.13. The lowest BCUT2D eigenvalue weighted by atomic mass is 10.1. The zero-order valence-corrected chi connectivity index (χ0v) is 17.4. The van der Waals surface area contributed by atoms with Gasteiger partial charge in [-0.15, -0.1) is 0 Å². The van der Waals surface area contributed by atoms with Crippen molar-refractivity contribution in [2.75, 3.05) is 46.3 Å². The fourth-order valence-corrected chi connectivity index (χ4v) is 3.47. The largest absolute Gasteiger partial charge is 0.416 e. The maximum Gasteiger partial charge on any atom is 0.416 e. The van der Waals surface area contributed by atoms with Crippen LogP contribution in [0, 0.1) is 17.8 Å². The van der Waals surface area contributed by atoms with Gasteiger partial charge >= 0.3 is 12.4 Å².